The van der Waals surface area contributed by atoms with E-state index in [1.165, 1.54) is 6.42 Å². The second-order valence-electron chi connectivity index (χ2n) is 8.10. The zero-order valence-corrected chi connectivity index (χ0v) is 15.8. The van der Waals surface area contributed by atoms with E-state index in [4.69, 9.17) is 4.74 Å². The number of nitrogens with one attached hydrogen (secondary N) is 1. The Morgan fingerprint density at radius 2 is 1.67 bits per heavy atom. The van der Waals surface area contributed by atoms with Gasteiger partial charge in [-0.25, -0.2) is 0 Å². The molecule has 144 valence electrons. The quantitative estimate of drug-likeness (QED) is 0.746. The summed E-state index contributed by atoms with van der Waals surface area (Å²) in [5, 5.41) is 3.05. The van der Waals surface area contributed by atoms with Crippen LogP contribution in [0, 0.1) is 10.8 Å². The van der Waals surface area contributed by atoms with E-state index in [-0.39, 0.29) is 11.8 Å². The SMILES string of the molecule is C=CCOc1ccc(NC(=O)C2(C3(C(=O)N4CCCCC4)CC3)CC2)cc1. The average molecular weight is 368 g/mol. The van der Waals surface area contributed by atoms with Crippen molar-refractivity contribution >= 4 is 17.5 Å². The van der Waals surface area contributed by atoms with E-state index in [0.29, 0.717) is 6.61 Å². The molecule has 1 aromatic carbocycles. The van der Waals surface area contributed by atoms with Crippen molar-refractivity contribution in [2.24, 2.45) is 10.8 Å². The molecule has 1 N–H and O–H groups in total. The Morgan fingerprint density at radius 3 is 2.22 bits per heavy atom. The minimum absolute atomic E-state index is 0.00474. The van der Waals surface area contributed by atoms with Crippen LogP contribution >= 0.6 is 0 Å². The van der Waals surface area contributed by atoms with Gasteiger partial charge in [0.1, 0.15) is 12.4 Å². The van der Waals surface area contributed by atoms with Crippen LogP contribution < -0.4 is 10.1 Å². The Labute approximate surface area is 160 Å². The molecule has 2 aliphatic carbocycles. The normalized spacial score (nSPS) is 21.9. The third-order valence-electron chi connectivity index (χ3n) is 6.38. The fraction of sp³-hybridized carbons (Fsp3) is 0.545. The van der Waals surface area contributed by atoms with E-state index in [0.717, 1.165) is 63.1 Å². The zero-order chi connectivity index (χ0) is 18.9. The predicted molar refractivity (Wildman–Crippen MR) is 105 cm³/mol. The maximum Gasteiger partial charge on any atom is 0.231 e. The summed E-state index contributed by atoms with van der Waals surface area (Å²) in [6, 6.07) is 7.37. The molecule has 0 unspecified atom stereocenters. The van der Waals surface area contributed by atoms with Crippen molar-refractivity contribution in [2.45, 2.75) is 44.9 Å². The summed E-state index contributed by atoms with van der Waals surface area (Å²) in [4.78, 5) is 28.3. The lowest BCUT2D eigenvalue weighted by Gasteiger charge is -2.34. The lowest BCUT2D eigenvalue weighted by Crippen LogP contribution is -2.47. The Morgan fingerprint density at radius 1 is 1.04 bits per heavy atom. The van der Waals surface area contributed by atoms with Crippen LogP contribution in [0.5, 0.6) is 5.75 Å². The van der Waals surface area contributed by atoms with Gasteiger partial charge in [-0.05, 0) is 69.2 Å². The Bertz CT molecular complexity index is 726. The summed E-state index contributed by atoms with van der Waals surface area (Å²) >= 11 is 0. The zero-order valence-electron chi connectivity index (χ0n) is 15.8. The summed E-state index contributed by atoms with van der Waals surface area (Å²) < 4.78 is 5.48. The van der Waals surface area contributed by atoms with Gasteiger partial charge in [0.2, 0.25) is 11.8 Å². The molecule has 4 rings (SSSR count). The molecular weight excluding hydrogens is 340 g/mol. The van der Waals surface area contributed by atoms with E-state index in [2.05, 4.69) is 11.9 Å². The van der Waals surface area contributed by atoms with Gasteiger partial charge >= 0.3 is 0 Å². The summed E-state index contributed by atoms with van der Waals surface area (Å²) in [5.41, 5.74) is -0.195. The molecule has 1 saturated heterocycles. The van der Waals surface area contributed by atoms with Gasteiger partial charge in [-0.1, -0.05) is 12.7 Å². The first-order valence-corrected chi connectivity index (χ1v) is 10.1. The van der Waals surface area contributed by atoms with Crippen molar-refractivity contribution in [3.63, 3.8) is 0 Å². The van der Waals surface area contributed by atoms with Gasteiger partial charge in [0.25, 0.3) is 0 Å². The van der Waals surface area contributed by atoms with Crippen LogP contribution in [-0.2, 0) is 9.59 Å². The smallest absolute Gasteiger partial charge is 0.231 e. The summed E-state index contributed by atoms with van der Waals surface area (Å²) in [6.07, 6.45) is 8.41. The number of benzene rings is 1. The molecule has 3 fully saturated rings. The molecule has 27 heavy (non-hydrogen) atoms. The lowest BCUT2D eigenvalue weighted by molar-refractivity contribution is -0.144. The molecule has 1 aromatic rings. The number of carbonyl (C=O) groups excluding carboxylic acids is 2. The Hall–Kier alpha value is -2.30. The second-order valence-corrected chi connectivity index (χ2v) is 8.10. The number of rotatable bonds is 7. The largest absolute Gasteiger partial charge is 0.490 e. The van der Waals surface area contributed by atoms with Gasteiger partial charge in [0, 0.05) is 18.8 Å². The molecular formula is C22H28N2O3. The van der Waals surface area contributed by atoms with Gasteiger partial charge in [0.15, 0.2) is 0 Å². The fourth-order valence-electron chi connectivity index (χ4n) is 4.51. The number of anilines is 1. The highest BCUT2D eigenvalue weighted by Crippen LogP contribution is 2.71. The molecule has 0 spiro atoms. The lowest BCUT2D eigenvalue weighted by atomic mass is 9.82. The molecule has 1 heterocycles. The first-order valence-electron chi connectivity index (χ1n) is 10.1. The monoisotopic (exact) mass is 368 g/mol. The van der Waals surface area contributed by atoms with Crippen LogP contribution in [0.1, 0.15) is 44.9 Å². The van der Waals surface area contributed by atoms with E-state index < -0.39 is 10.8 Å². The maximum absolute atomic E-state index is 13.2. The highest BCUT2D eigenvalue weighted by Gasteiger charge is 2.73. The maximum atomic E-state index is 13.2. The van der Waals surface area contributed by atoms with Gasteiger partial charge in [-0.2, -0.15) is 0 Å². The number of amides is 2. The van der Waals surface area contributed by atoms with Crippen molar-refractivity contribution in [1.82, 2.24) is 4.90 Å². The van der Waals surface area contributed by atoms with Crippen LogP contribution in [0.4, 0.5) is 5.69 Å². The summed E-state index contributed by atoms with van der Waals surface area (Å²) in [5.74, 6) is 0.973. The van der Waals surface area contributed by atoms with E-state index >= 15 is 0 Å². The molecule has 2 saturated carbocycles. The molecule has 0 bridgehead atoms. The number of carbonyl (C=O) groups is 2. The molecule has 0 radical (unpaired) electrons. The van der Waals surface area contributed by atoms with Crippen LogP contribution in [0.3, 0.4) is 0 Å². The van der Waals surface area contributed by atoms with Crippen LogP contribution in [0.15, 0.2) is 36.9 Å². The molecule has 2 amide bonds. The molecule has 1 aliphatic heterocycles. The minimum Gasteiger partial charge on any atom is -0.490 e. The number of piperidine rings is 1. The Balaban J connectivity index is 1.43. The van der Waals surface area contributed by atoms with Crippen molar-refractivity contribution < 1.29 is 14.3 Å². The van der Waals surface area contributed by atoms with Gasteiger partial charge in [0.05, 0.1) is 10.8 Å². The second kappa shape index (κ2) is 7.02. The Kier molecular flexibility index (Phi) is 4.70. The first kappa shape index (κ1) is 18.1. The average Bonchev–Trinajstić information content (AvgIpc) is 3.60. The predicted octanol–water partition coefficient (Wildman–Crippen LogP) is 3.76. The van der Waals surface area contributed by atoms with Gasteiger partial charge < -0.3 is 15.0 Å². The summed E-state index contributed by atoms with van der Waals surface area (Å²) in [6.45, 7) is 5.79. The van der Waals surface area contributed by atoms with Crippen molar-refractivity contribution in [3.8, 4) is 5.75 Å². The van der Waals surface area contributed by atoms with Crippen LogP contribution in [-0.4, -0.2) is 36.4 Å². The van der Waals surface area contributed by atoms with Crippen molar-refractivity contribution in [1.29, 1.82) is 0 Å². The van der Waals surface area contributed by atoms with Gasteiger partial charge in [-0.15, -0.1) is 0 Å². The third-order valence-corrected chi connectivity index (χ3v) is 6.38. The van der Waals surface area contributed by atoms with Crippen molar-refractivity contribution in [2.75, 3.05) is 25.0 Å². The van der Waals surface area contributed by atoms with Gasteiger partial charge in [-0.3, -0.25) is 9.59 Å². The highest BCUT2D eigenvalue weighted by atomic mass is 16.5. The number of hydrogen-bond acceptors (Lipinski definition) is 3. The molecule has 5 heteroatoms. The van der Waals surface area contributed by atoms with Crippen LogP contribution in [0.25, 0.3) is 0 Å². The van der Waals surface area contributed by atoms with E-state index in [1.54, 1.807) is 6.08 Å². The number of nitrogens with zero attached hydrogens (tertiary/aromatic N) is 1. The first-order chi connectivity index (χ1) is 13.1. The van der Waals surface area contributed by atoms with E-state index in [1.807, 2.05) is 29.2 Å². The standard InChI is InChI=1S/C22H28N2O3/c1-2-16-27-18-8-6-17(7-9-18)23-19(25)21(10-11-21)22(12-13-22)20(26)24-14-4-3-5-15-24/h2,6-9H,1,3-5,10-16H2,(H,23,25). The molecule has 0 aromatic heterocycles. The molecule has 3 aliphatic rings. The number of ether oxygens (including phenoxy) is 1. The van der Waals surface area contributed by atoms with Crippen LogP contribution in [0.2, 0.25) is 0 Å². The number of likely N-dealkylation sites (tertiary alicyclic amines) is 1. The minimum atomic E-state index is -0.500. The topological polar surface area (TPSA) is 58.6 Å². The highest BCUT2D eigenvalue weighted by molar-refractivity contribution is 6.03. The third kappa shape index (κ3) is 3.24. The molecule has 0 atom stereocenters. The fourth-order valence-corrected chi connectivity index (χ4v) is 4.51. The van der Waals surface area contributed by atoms with E-state index in [9.17, 15) is 9.59 Å². The summed E-state index contributed by atoms with van der Waals surface area (Å²) in [7, 11) is 0. The number of hydrogen-bond donors (Lipinski definition) is 1. The van der Waals surface area contributed by atoms with Crippen molar-refractivity contribution in [3.05, 3.63) is 36.9 Å². The molecule has 5 nitrogen and oxygen atoms in total.